The third-order valence-corrected chi connectivity index (χ3v) is 4.76. The number of nitrogens with one attached hydrogen (secondary N) is 1. The van der Waals surface area contributed by atoms with E-state index < -0.39 is 0 Å². The SMILES string of the molecule is CN(C)CCCN[C@H]1CCCC[C@H]1C1=CCCCC1. The lowest BCUT2D eigenvalue weighted by molar-refractivity contribution is 0.281. The summed E-state index contributed by atoms with van der Waals surface area (Å²) < 4.78 is 0. The van der Waals surface area contributed by atoms with Crippen molar-refractivity contribution in [2.45, 2.75) is 63.8 Å². The Morgan fingerprint density at radius 1 is 1.16 bits per heavy atom. The summed E-state index contributed by atoms with van der Waals surface area (Å²) in [7, 11) is 4.33. The molecule has 0 bridgehead atoms. The quantitative estimate of drug-likeness (QED) is 0.582. The van der Waals surface area contributed by atoms with Gasteiger partial charge in [0.2, 0.25) is 0 Å². The molecule has 0 saturated heterocycles. The van der Waals surface area contributed by atoms with Crippen LogP contribution in [0.5, 0.6) is 0 Å². The normalized spacial score (nSPS) is 28.5. The average molecular weight is 264 g/mol. The molecule has 2 aliphatic carbocycles. The molecule has 0 radical (unpaired) electrons. The summed E-state index contributed by atoms with van der Waals surface area (Å²) in [5.74, 6) is 0.855. The zero-order valence-electron chi connectivity index (χ0n) is 13.0. The topological polar surface area (TPSA) is 15.3 Å². The van der Waals surface area contributed by atoms with Crippen molar-refractivity contribution in [1.29, 1.82) is 0 Å². The summed E-state index contributed by atoms with van der Waals surface area (Å²) in [6.45, 7) is 2.39. The maximum atomic E-state index is 3.86. The maximum Gasteiger partial charge on any atom is 0.0132 e. The van der Waals surface area contributed by atoms with E-state index in [1.807, 2.05) is 0 Å². The van der Waals surface area contributed by atoms with Gasteiger partial charge in [-0.2, -0.15) is 0 Å². The number of hydrogen-bond donors (Lipinski definition) is 1. The van der Waals surface area contributed by atoms with Gasteiger partial charge in [0.1, 0.15) is 0 Å². The first kappa shape index (κ1) is 15.1. The minimum absolute atomic E-state index is 0.764. The van der Waals surface area contributed by atoms with Gasteiger partial charge in [0.05, 0.1) is 0 Å². The first-order valence-electron chi connectivity index (χ1n) is 8.34. The fraction of sp³-hybridized carbons (Fsp3) is 0.882. The minimum atomic E-state index is 0.764. The molecule has 0 amide bonds. The highest BCUT2D eigenvalue weighted by atomic mass is 15.1. The molecule has 0 aromatic rings. The molecule has 2 aliphatic rings. The van der Waals surface area contributed by atoms with Gasteiger partial charge in [-0.3, -0.25) is 0 Å². The van der Waals surface area contributed by atoms with Gasteiger partial charge >= 0.3 is 0 Å². The molecule has 1 N–H and O–H groups in total. The maximum absolute atomic E-state index is 3.86. The number of nitrogens with zero attached hydrogens (tertiary/aromatic N) is 1. The standard InChI is InChI=1S/C17H32N2/c1-19(2)14-8-13-18-17-12-7-6-11-16(17)15-9-4-3-5-10-15/h9,16-18H,3-8,10-14H2,1-2H3/t16-,17-/m0/s1. The van der Waals surface area contributed by atoms with Crippen molar-refractivity contribution < 1.29 is 0 Å². The van der Waals surface area contributed by atoms with Crippen molar-refractivity contribution in [2.24, 2.45) is 5.92 Å². The molecule has 2 nitrogen and oxygen atoms in total. The third kappa shape index (κ3) is 4.92. The Hall–Kier alpha value is -0.340. The lowest BCUT2D eigenvalue weighted by atomic mass is 9.76. The molecule has 110 valence electrons. The predicted octanol–water partition coefficient (Wildman–Crippen LogP) is 3.59. The van der Waals surface area contributed by atoms with Gasteiger partial charge in [-0.25, -0.2) is 0 Å². The first-order valence-corrected chi connectivity index (χ1v) is 8.34. The van der Waals surface area contributed by atoms with Gasteiger partial charge in [0, 0.05) is 6.04 Å². The number of allylic oxidation sites excluding steroid dienone is 1. The van der Waals surface area contributed by atoms with E-state index in [0.717, 1.165) is 12.0 Å². The van der Waals surface area contributed by atoms with Crippen molar-refractivity contribution in [3.05, 3.63) is 11.6 Å². The van der Waals surface area contributed by atoms with Crippen LogP contribution in [0, 0.1) is 5.92 Å². The van der Waals surface area contributed by atoms with Crippen LogP contribution in [0.1, 0.15) is 57.8 Å². The van der Waals surface area contributed by atoms with Crippen molar-refractivity contribution in [1.82, 2.24) is 10.2 Å². The van der Waals surface area contributed by atoms with Gasteiger partial charge in [-0.15, -0.1) is 0 Å². The van der Waals surface area contributed by atoms with Crippen LogP contribution in [-0.4, -0.2) is 38.1 Å². The largest absolute Gasteiger partial charge is 0.313 e. The molecule has 0 unspecified atom stereocenters. The summed E-state index contributed by atoms with van der Waals surface area (Å²) in [6, 6.07) is 0.764. The van der Waals surface area contributed by atoms with E-state index in [-0.39, 0.29) is 0 Å². The highest BCUT2D eigenvalue weighted by molar-refractivity contribution is 5.13. The average Bonchev–Trinajstić information content (AvgIpc) is 2.45. The monoisotopic (exact) mass is 264 g/mol. The zero-order valence-corrected chi connectivity index (χ0v) is 13.0. The van der Waals surface area contributed by atoms with Crippen LogP contribution in [0.15, 0.2) is 11.6 Å². The Labute approximate surface area is 119 Å². The summed E-state index contributed by atoms with van der Waals surface area (Å²) >= 11 is 0. The highest BCUT2D eigenvalue weighted by Gasteiger charge is 2.27. The van der Waals surface area contributed by atoms with Crippen LogP contribution in [0.2, 0.25) is 0 Å². The Balaban J connectivity index is 1.80. The summed E-state index contributed by atoms with van der Waals surface area (Å²) in [6.07, 6.45) is 15.1. The van der Waals surface area contributed by atoms with Gasteiger partial charge in [-0.05, 0) is 78.0 Å². The summed E-state index contributed by atoms with van der Waals surface area (Å²) in [4.78, 5) is 2.28. The van der Waals surface area contributed by atoms with Gasteiger partial charge in [0.25, 0.3) is 0 Å². The van der Waals surface area contributed by atoms with Gasteiger partial charge in [0.15, 0.2) is 0 Å². The minimum Gasteiger partial charge on any atom is -0.313 e. The second-order valence-electron chi connectivity index (χ2n) is 6.63. The first-order chi connectivity index (χ1) is 9.27. The van der Waals surface area contributed by atoms with Crippen LogP contribution in [0.3, 0.4) is 0 Å². The molecule has 0 aromatic heterocycles. The zero-order chi connectivity index (χ0) is 13.5. The fourth-order valence-electron chi connectivity index (χ4n) is 3.70. The highest BCUT2D eigenvalue weighted by Crippen LogP contribution is 2.35. The Bertz CT molecular complexity index is 283. The second kappa shape index (κ2) is 8.06. The van der Waals surface area contributed by atoms with Crippen LogP contribution >= 0.6 is 0 Å². The van der Waals surface area contributed by atoms with Crippen LogP contribution in [0.4, 0.5) is 0 Å². The van der Waals surface area contributed by atoms with Crippen LogP contribution in [-0.2, 0) is 0 Å². The lowest BCUT2D eigenvalue weighted by Gasteiger charge is -2.35. The Kier molecular flexibility index (Phi) is 6.39. The molecule has 2 heteroatoms. The predicted molar refractivity (Wildman–Crippen MR) is 83.5 cm³/mol. The van der Waals surface area contributed by atoms with Crippen LogP contribution < -0.4 is 5.32 Å². The third-order valence-electron chi connectivity index (χ3n) is 4.76. The fourth-order valence-corrected chi connectivity index (χ4v) is 3.70. The van der Waals surface area contributed by atoms with E-state index in [0.29, 0.717) is 0 Å². The van der Waals surface area contributed by atoms with E-state index in [1.165, 1.54) is 70.9 Å². The lowest BCUT2D eigenvalue weighted by Crippen LogP contribution is -2.40. The molecule has 19 heavy (non-hydrogen) atoms. The van der Waals surface area contributed by atoms with Crippen molar-refractivity contribution in [3.8, 4) is 0 Å². The Morgan fingerprint density at radius 2 is 2.00 bits per heavy atom. The molecular weight excluding hydrogens is 232 g/mol. The smallest absolute Gasteiger partial charge is 0.0132 e. The van der Waals surface area contributed by atoms with E-state index in [9.17, 15) is 0 Å². The molecule has 0 aliphatic heterocycles. The Morgan fingerprint density at radius 3 is 2.74 bits per heavy atom. The molecule has 2 atom stereocenters. The van der Waals surface area contributed by atoms with Crippen molar-refractivity contribution in [2.75, 3.05) is 27.2 Å². The summed E-state index contributed by atoms with van der Waals surface area (Å²) in [5, 5.41) is 3.86. The number of rotatable bonds is 6. The van der Waals surface area contributed by atoms with Crippen LogP contribution in [0.25, 0.3) is 0 Å². The van der Waals surface area contributed by atoms with Gasteiger partial charge in [-0.1, -0.05) is 24.5 Å². The molecular formula is C17H32N2. The molecule has 0 heterocycles. The molecule has 1 fully saturated rings. The molecule has 1 saturated carbocycles. The number of hydrogen-bond acceptors (Lipinski definition) is 2. The van der Waals surface area contributed by atoms with Crippen molar-refractivity contribution in [3.63, 3.8) is 0 Å². The van der Waals surface area contributed by atoms with Crippen molar-refractivity contribution >= 4 is 0 Å². The molecule has 2 rings (SSSR count). The molecule has 0 aromatic carbocycles. The molecule has 0 spiro atoms. The van der Waals surface area contributed by atoms with E-state index in [4.69, 9.17) is 0 Å². The second-order valence-corrected chi connectivity index (χ2v) is 6.63. The van der Waals surface area contributed by atoms with E-state index >= 15 is 0 Å². The van der Waals surface area contributed by atoms with Gasteiger partial charge < -0.3 is 10.2 Å². The summed E-state index contributed by atoms with van der Waals surface area (Å²) in [5.41, 5.74) is 1.79. The van der Waals surface area contributed by atoms with E-state index in [2.05, 4.69) is 30.4 Å². The van der Waals surface area contributed by atoms with E-state index in [1.54, 1.807) is 5.57 Å².